The van der Waals surface area contributed by atoms with Crippen molar-refractivity contribution in [3.8, 4) is 0 Å². The van der Waals surface area contributed by atoms with E-state index in [2.05, 4.69) is 0 Å². The van der Waals surface area contributed by atoms with Gasteiger partial charge in [-0.2, -0.15) is 0 Å². The number of amides is 2. The molecule has 0 aromatic heterocycles. The van der Waals surface area contributed by atoms with Gasteiger partial charge in [-0.15, -0.1) is 0 Å². The van der Waals surface area contributed by atoms with Crippen LogP contribution in [0.2, 0.25) is 0 Å². The minimum absolute atomic E-state index is 0.0373. The molecule has 130 valence electrons. The van der Waals surface area contributed by atoms with Crippen molar-refractivity contribution in [1.29, 1.82) is 0 Å². The van der Waals surface area contributed by atoms with Gasteiger partial charge in [-0.1, -0.05) is 13.8 Å². The molecule has 2 unspecified atom stereocenters. The van der Waals surface area contributed by atoms with E-state index in [1.807, 2.05) is 18.7 Å². The molecule has 6 heteroatoms. The molecule has 0 aromatic carbocycles. The zero-order valence-corrected chi connectivity index (χ0v) is 14.2. The fourth-order valence-electron chi connectivity index (χ4n) is 3.76. The van der Waals surface area contributed by atoms with Crippen molar-refractivity contribution in [2.24, 2.45) is 11.8 Å². The monoisotopic (exact) mass is 324 g/mol. The van der Waals surface area contributed by atoms with Gasteiger partial charge in [-0.3, -0.25) is 14.4 Å². The summed E-state index contributed by atoms with van der Waals surface area (Å²) in [5.74, 6) is -0.322. The molecule has 0 radical (unpaired) electrons. The summed E-state index contributed by atoms with van der Waals surface area (Å²) in [5, 5.41) is 8.83. The summed E-state index contributed by atoms with van der Waals surface area (Å²) in [6.07, 6.45) is 4.04. The van der Waals surface area contributed by atoms with Gasteiger partial charge in [0.15, 0.2) is 0 Å². The van der Waals surface area contributed by atoms with Crippen molar-refractivity contribution in [3.05, 3.63) is 0 Å². The number of rotatable bonds is 6. The standard InChI is InChI=1S/C17H28N2O4/c1-12(2)16(19-10-4-6-14(19)20)17(23)18-9-3-5-13(11-18)7-8-15(21)22/h12-13,16H,3-11H2,1-2H3,(H,21,22). The number of hydrogen-bond acceptors (Lipinski definition) is 3. The van der Waals surface area contributed by atoms with E-state index in [0.717, 1.165) is 19.3 Å². The molecular formula is C17H28N2O4. The number of likely N-dealkylation sites (tertiary alicyclic amines) is 2. The number of carboxylic acid groups (broad SMARTS) is 1. The highest BCUT2D eigenvalue weighted by atomic mass is 16.4. The van der Waals surface area contributed by atoms with Gasteiger partial charge in [0.25, 0.3) is 0 Å². The van der Waals surface area contributed by atoms with Crippen LogP contribution in [-0.4, -0.2) is 58.4 Å². The second-order valence-electron chi connectivity index (χ2n) is 7.10. The smallest absolute Gasteiger partial charge is 0.303 e. The van der Waals surface area contributed by atoms with E-state index >= 15 is 0 Å². The summed E-state index contributed by atoms with van der Waals surface area (Å²) in [6.45, 7) is 5.98. The fraction of sp³-hybridized carbons (Fsp3) is 0.824. The molecule has 2 amide bonds. The Hall–Kier alpha value is -1.59. The Bertz CT molecular complexity index is 464. The predicted molar refractivity (Wildman–Crippen MR) is 85.7 cm³/mol. The molecule has 2 fully saturated rings. The van der Waals surface area contributed by atoms with Crippen molar-refractivity contribution in [3.63, 3.8) is 0 Å². The minimum atomic E-state index is -0.781. The lowest BCUT2D eigenvalue weighted by Crippen LogP contribution is -2.54. The summed E-state index contributed by atoms with van der Waals surface area (Å²) in [5.41, 5.74) is 0. The number of nitrogens with zero attached hydrogens (tertiary/aromatic N) is 2. The van der Waals surface area contributed by atoms with Gasteiger partial charge in [0.1, 0.15) is 6.04 Å². The van der Waals surface area contributed by atoms with E-state index in [1.54, 1.807) is 4.90 Å². The van der Waals surface area contributed by atoms with E-state index in [1.165, 1.54) is 0 Å². The highest BCUT2D eigenvalue weighted by Gasteiger charge is 2.38. The Kier molecular flexibility index (Phi) is 6.02. The minimum Gasteiger partial charge on any atom is -0.481 e. The van der Waals surface area contributed by atoms with Gasteiger partial charge in [0.2, 0.25) is 11.8 Å². The van der Waals surface area contributed by atoms with Crippen LogP contribution in [0.3, 0.4) is 0 Å². The molecule has 2 atom stereocenters. The third-order valence-electron chi connectivity index (χ3n) is 4.93. The first-order valence-corrected chi connectivity index (χ1v) is 8.70. The molecule has 0 aliphatic carbocycles. The Morgan fingerprint density at radius 3 is 2.57 bits per heavy atom. The van der Waals surface area contributed by atoms with E-state index in [-0.39, 0.29) is 36.1 Å². The maximum Gasteiger partial charge on any atom is 0.303 e. The van der Waals surface area contributed by atoms with Crippen LogP contribution in [-0.2, 0) is 14.4 Å². The second-order valence-corrected chi connectivity index (χ2v) is 7.10. The van der Waals surface area contributed by atoms with Crippen LogP contribution in [0.4, 0.5) is 0 Å². The van der Waals surface area contributed by atoms with Gasteiger partial charge in [0.05, 0.1) is 0 Å². The highest BCUT2D eigenvalue weighted by Crippen LogP contribution is 2.25. The first-order chi connectivity index (χ1) is 10.9. The van der Waals surface area contributed by atoms with Gasteiger partial charge < -0.3 is 14.9 Å². The molecule has 2 aliphatic rings. The molecule has 2 rings (SSSR count). The number of piperidine rings is 1. The molecular weight excluding hydrogens is 296 g/mol. The maximum atomic E-state index is 13.0. The number of hydrogen-bond donors (Lipinski definition) is 1. The Morgan fingerprint density at radius 1 is 1.26 bits per heavy atom. The van der Waals surface area contributed by atoms with Crippen molar-refractivity contribution >= 4 is 17.8 Å². The highest BCUT2D eigenvalue weighted by molar-refractivity contribution is 5.89. The van der Waals surface area contributed by atoms with Gasteiger partial charge in [0, 0.05) is 32.5 Å². The molecule has 23 heavy (non-hydrogen) atoms. The van der Waals surface area contributed by atoms with Crippen LogP contribution in [0.25, 0.3) is 0 Å². The van der Waals surface area contributed by atoms with Crippen LogP contribution < -0.4 is 0 Å². The van der Waals surface area contributed by atoms with Crippen molar-refractivity contribution < 1.29 is 19.5 Å². The number of carbonyl (C=O) groups excluding carboxylic acids is 2. The van der Waals surface area contributed by atoms with E-state index < -0.39 is 5.97 Å². The molecule has 0 spiro atoms. The third kappa shape index (κ3) is 4.45. The van der Waals surface area contributed by atoms with Crippen LogP contribution in [0, 0.1) is 11.8 Å². The lowest BCUT2D eigenvalue weighted by molar-refractivity contribution is -0.146. The Labute approximate surface area is 137 Å². The largest absolute Gasteiger partial charge is 0.481 e. The molecule has 0 saturated carbocycles. The predicted octanol–water partition coefficient (Wildman–Crippen LogP) is 1.74. The third-order valence-corrected chi connectivity index (χ3v) is 4.93. The molecule has 0 aromatic rings. The van der Waals surface area contributed by atoms with Crippen molar-refractivity contribution in [2.45, 2.75) is 58.4 Å². The Balaban J connectivity index is 2.01. The summed E-state index contributed by atoms with van der Waals surface area (Å²) < 4.78 is 0. The normalized spacial score (nSPS) is 23.4. The molecule has 6 nitrogen and oxygen atoms in total. The average molecular weight is 324 g/mol. The van der Waals surface area contributed by atoms with E-state index in [9.17, 15) is 14.4 Å². The fourth-order valence-corrected chi connectivity index (χ4v) is 3.76. The first-order valence-electron chi connectivity index (χ1n) is 8.70. The molecule has 2 aliphatic heterocycles. The number of carbonyl (C=O) groups is 3. The molecule has 1 N–H and O–H groups in total. The summed E-state index contributed by atoms with van der Waals surface area (Å²) in [6, 6.07) is -0.372. The lowest BCUT2D eigenvalue weighted by Gasteiger charge is -2.38. The quantitative estimate of drug-likeness (QED) is 0.807. The SMILES string of the molecule is CC(C)C(C(=O)N1CCCC(CCC(=O)O)C1)N1CCCC1=O. The first kappa shape index (κ1) is 17.8. The van der Waals surface area contributed by atoms with Gasteiger partial charge in [-0.25, -0.2) is 0 Å². The molecule has 2 heterocycles. The summed E-state index contributed by atoms with van der Waals surface area (Å²) >= 11 is 0. The second kappa shape index (κ2) is 7.79. The van der Waals surface area contributed by atoms with Crippen molar-refractivity contribution in [2.75, 3.05) is 19.6 Å². The van der Waals surface area contributed by atoms with E-state index in [4.69, 9.17) is 5.11 Å². The summed E-state index contributed by atoms with van der Waals surface area (Å²) in [7, 11) is 0. The Morgan fingerprint density at radius 2 is 2.00 bits per heavy atom. The number of carboxylic acids is 1. The van der Waals surface area contributed by atoms with Crippen LogP contribution in [0.1, 0.15) is 52.4 Å². The maximum absolute atomic E-state index is 13.0. The average Bonchev–Trinajstić information content (AvgIpc) is 2.91. The zero-order chi connectivity index (χ0) is 17.0. The van der Waals surface area contributed by atoms with Crippen LogP contribution in [0.5, 0.6) is 0 Å². The van der Waals surface area contributed by atoms with Crippen LogP contribution in [0.15, 0.2) is 0 Å². The lowest BCUT2D eigenvalue weighted by atomic mass is 9.92. The van der Waals surface area contributed by atoms with E-state index in [0.29, 0.717) is 32.5 Å². The van der Waals surface area contributed by atoms with Crippen molar-refractivity contribution in [1.82, 2.24) is 9.80 Å². The zero-order valence-electron chi connectivity index (χ0n) is 14.2. The number of aliphatic carboxylic acids is 1. The van der Waals surface area contributed by atoms with Gasteiger partial charge in [-0.05, 0) is 37.5 Å². The van der Waals surface area contributed by atoms with Gasteiger partial charge >= 0.3 is 5.97 Å². The topological polar surface area (TPSA) is 77.9 Å². The molecule has 2 saturated heterocycles. The molecule has 0 bridgehead atoms. The van der Waals surface area contributed by atoms with Crippen LogP contribution >= 0.6 is 0 Å². The summed E-state index contributed by atoms with van der Waals surface area (Å²) in [4.78, 5) is 39.3.